The van der Waals surface area contributed by atoms with Crippen molar-refractivity contribution in [1.82, 2.24) is 4.90 Å². The Morgan fingerprint density at radius 2 is 2.15 bits per heavy atom. The largest absolute Gasteiger partial charge is 0.496 e. The first-order valence-electron chi connectivity index (χ1n) is 7.69. The fourth-order valence-electron chi connectivity index (χ4n) is 3.07. The molecule has 1 saturated heterocycles. The molecule has 3 unspecified atom stereocenters. The van der Waals surface area contributed by atoms with E-state index in [4.69, 9.17) is 10.5 Å². The quantitative estimate of drug-likeness (QED) is 0.916. The molecule has 0 saturated carbocycles. The van der Waals surface area contributed by atoms with Crippen molar-refractivity contribution >= 4 is 0 Å². The van der Waals surface area contributed by atoms with Gasteiger partial charge in [-0.25, -0.2) is 0 Å². The molecule has 2 N–H and O–H groups in total. The summed E-state index contributed by atoms with van der Waals surface area (Å²) in [5.74, 6) is 1.74. The van der Waals surface area contributed by atoms with Crippen LogP contribution in [0.15, 0.2) is 18.2 Å². The average Bonchev–Trinajstić information content (AvgIpc) is 2.43. The maximum atomic E-state index is 6.00. The molecule has 1 aliphatic rings. The fraction of sp³-hybridized carbons (Fsp3) is 0.647. The molecule has 3 heteroatoms. The molecule has 20 heavy (non-hydrogen) atoms. The number of nitrogens with zero attached hydrogens (tertiary/aromatic N) is 1. The molecule has 3 nitrogen and oxygen atoms in total. The van der Waals surface area contributed by atoms with E-state index in [0.717, 1.165) is 18.2 Å². The van der Waals surface area contributed by atoms with E-state index in [1.165, 1.54) is 30.5 Å². The van der Waals surface area contributed by atoms with Crippen molar-refractivity contribution in [2.45, 2.75) is 52.2 Å². The Kier molecular flexibility index (Phi) is 5.06. The van der Waals surface area contributed by atoms with Crippen molar-refractivity contribution in [1.29, 1.82) is 0 Å². The summed E-state index contributed by atoms with van der Waals surface area (Å²) in [5.41, 5.74) is 8.43. The van der Waals surface area contributed by atoms with Gasteiger partial charge in [0.05, 0.1) is 7.11 Å². The number of methoxy groups -OCH3 is 1. The summed E-state index contributed by atoms with van der Waals surface area (Å²) in [4.78, 5) is 2.57. The van der Waals surface area contributed by atoms with E-state index < -0.39 is 0 Å². The molecular weight excluding hydrogens is 248 g/mol. The van der Waals surface area contributed by atoms with Gasteiger partial charge in [0.25, 0.3) is 0 Å². The minimum Gasteiger partial charge on any atom is -0.496 e. The monoisotopic (exact) mass is 276 g/mol. The average molecular weight is 276 g/mol. The normalized spacial score (nSPS) is 25.4. The van der Waals surface area contributed by atoms with Crippen molar-refractivity contribution in [2.75, 3.05) is 13.7 Å². The number of piperidine rings is 1. The molecule has 1 heterocycles. The van der Waals surface area contributed by atoms with Gasteiger partial charge in [0.2, 0.25) is 0 Å². The number of likely N-dealkylation sites (tertiary alicyclic amines) is 1. The Labute approximate surface area is 123 Å². The zero-order valence-electron chi connectivity index (χ0n) is 13.2. The highest BCUT2D eigenvalue weighted by Gasteiger charge is 2.25. The zero-order chi connectivity index (χ0) is 14.7. The van der Waals surface area contributed by atoms with E-state index in [1.54, 1.807) is 7.11 Å². The van der Waals surface area contributed by atoms with Gasteiger partial charge >= 0.3 is 0 Å². The smallest absolute Gasteiger partial charge is 0.123 e. The second-order valence-corrected chi connectivity index (χ2v) is 6.19. The van der Waals surface area contributed by atoms with E-state index in [2.05, 4.69) is 30.9 Å². The summed E-state index contributed by atoms with van der Waals surface area (Å²) < 4.78 is 5.52. The minimum absolute atomic E-state index is 0.0670. The molecule has 1 aromatic rings. The maximum absolute atomic E-state index is 6.00. The van der Waals surface area contributed by atoms with Crippen molar-refractivity contribution < 1.29 is 4.74 Å². The van der Waals surface area contributed by atoms with Gasteiger partial charge < -0.3 is 10.5 Å². The first kappa shape index (κ1) is 15.3. The Balaban J connectivity index is 2.20. The second-order valence-electron chi connectivity index (χ2n) is 6.19. The van der Waals surface area contributed by atoms with Crippen LogP contribution in [-0.4, -0.2) is 24.6 Å². The van der Waals surface area contributed by atoms with Gasteiger partial charge in [-0.1, -0.05) is 13.0 Å². The van der Waals surface area contributed by atoms with Crippen LogP contribution in [0.5, 0.6) is 5.75 Å². The van der Waals surface area contributed by atoms with E-state index in [9.17, 15) is 0 Å². The molecule has 3 atom stereocenters. The van der Waals surface area contributed by atoms with Gasteiger partial charge in [-0.05, 0) is 56.8 Å². The van der Waals surface area contributed by atoms with Crippen LogP contribution in [0.2, 0.25) is 0 Å². The topological polar surface area (TPSA) is 38.5 Å². The molecule has 2 rings (SSSR count). The lowest BCUT2D eigenvalue weighted by molar-refractivity contribution is 0.105. The molecule has 0 radical (unpaired) electrons. The van der Waals surface area contributed by atoms with Crippen LogP contribution in [0.1, 0.15) is 50.8 Å². The summed E-state index contributed by atoms with van der Waals surface area (Å²) in [5, 5.41) is 0. The van der Waals surface area contributed by atoms with Crippen molar-refractivity contribution in [3.8, 4) is 5.75 Å². The number of hydrogen-bond acceptors (Lipinski definition) is 3. The summed E-state index contributed by atoms with van der Waals surface area (Å²) in [7, 11) is 1.74. The molecular formula is C17H28N2O. The number of rotatable bonds is 4. The highest BCUT2D eigenvalue weighted by atomic mass is 16.5. The minimum atomic E-state index is 0.0670. The lowest BCUT2D eigenvalue weighted by Gasteiger charge is -2.38. The molecule has 1 aromatic carbocycles. The van der Waals surface area contributed by atoms with E-state index in [0.29, 0.717) is 6.04 Å². The van der Waals surface area contributed by atoms with Gasteiger partial charge in [-0.15, -0.1) is 0 Å². The molecule has 0 aromatic heterocycles. The van der Waals surface area contributed by atoms with Crippen molar-refractivity contribution in [2.24, 2.45) is 11.7 Å². The third kappa shape index (κ3) is 3.33. The standard InChI is InChI=1S/C17H28N2O/c1-12-6-5-9-19(14(12)3)11-16-10-15(13(2)18)7-8-17(16)20-4/h7-8,10,12-14H,5-6,9,11,18H2,1-4H3. The summed E-state index contributed by atoms with van der Waals surface area (Å²) in [6, 6.07) is 7.02. The predicted octanol–water partition coefficient (Wildman–Crippen LogP) is 3.34. The van der Waals surface area contributed by atoms with Crippen LogP contribution in [0.4, 0.5) is 0 Å². The third-order valence-electron chi connectivity index (χ3n) is 4.71. The Morgan fingerprint density at radius 1 is 1.40 bits per heavy atom. The number of ether oxygens (including phenoxy) is 1. The van der Waals surface area contributed by atoms with Gasteiger partial charge in [-0.2, -0.15) is 0 Å². The number of benzene rings is 1. The maximum Gasteiger partial charge on any atom is 0.123 e. The van der Waals surface area contributed by atoms with Gasteiger partial charge in [0.1, 0.15) is 5.75 Å². The Bertz CT molecular complexity index is 445. The molecule has 1 aliphatic heterocycles. The highest BCUT2D eigenvalue weighted by Crippen LogP contribution is 2.28. The van der Waals surface area contributed by atoms with Crippen LogP contribution in [0.3, 0.4) is 0 Å². The molecule has 0 amide bonds. The Morgan fingerprint density at radius 3 is 2.80 bits per heavy atom. The van der Waals surface area contributed by atoms with Gasteiger partial charge in [-0.3, -0.25) is 4.90 Å². The summed E-state index contributed by atoms with van der Waals surface area (Å²) >= 11 is 0. The van der Waals surface area contributed by atoms with Crippen LogP contribution >= 0.6 is 0 Å². The summed E-state index contributed by atoms with van der Waals surface area (Å²) in [6.07, 6.45) is 2.63. The predicted molar refractivity (Wildman–Crippen MR) is 83.9 cm³/mol. The molecule has 0 bridgehead atoms. The lowest BCUT2D eigenvalue weighted by atomic mass is 9.91. The Hall–Kier alpha value is -1.06. The first-order valence-corrected chi connectivity index (χ1v) is 7.69. The highest BCUT2D eigenvalue weighted by molar-refractivity contribution is 5.38. The summed E-state index contributed by atoms with van der Waals surface area (Å²) in [6.45, 7) is 8.85. The molecule has 0 aliphatic carbocycles. The van der Waals surface area contributed by atoms with Crippen LogP contribution in [0, 0.1) is 5.92 Å². The number of hydrogen-bond donors (Lipinski definition) is 1. The molecule has 112 valence electrons. The van der Waals surface area contributed by atoms with E-state index in [1.807, 2.05) is 13.0 Å². The first-order chi connectivity index (χ1) is 9.52. The van der Waals surface area contributed by atoms with E-state index >= 15 is 0 Å². The fourth-order valence-corrected chi connectivity index (χ4v) is 3.07. The van der Waals surface area contributed by atoms with E-state index in [-0.39, 0.29) is 6.04 Å². The zero-order valence-corrected chi connectivity index (χ0v) is 13.2. The van der Waals surface area contributed by atoms with Gasteiger partial charge in [0.15, 0.2) is 0 Å². The SMILES string of the molecule is COc1ccc(C(C)N)cc1CN1CCCC(C)C1C. The van der Waals surface area contributed by atoms with Crippen molar-refractivity contribution in [3.63, 3.8) is 0 Å². The molecule has 0 spiro atoms. The van der Waals surface area contributed by atoms with Crippen molar-refractivity contribution in [3.05, 3.63) is 29.3 Å². The van der Waals surface area contributed by atoms with Crippen LogP contribution in [0.25, 0.3) is 0 Å². The van der Waals surface area contributed by atoms with Crippen LogP contribution < -0.4 is 10.5 Å². The molecule has 1 fully saturated rings. The lowest BCUT2D eigenvalue weighted by Crippen LogP contribution is -2.41. The van der Waals surface area contributed by atoms with Crippen LogP contribution in [-0.2, 0) is 6.54 Å². The second kappa shape index (κ2) is 6.59. The number of nitrogens with two attached hydrogens (primary N) is 1. The van der Waals surface area contributed by atoms with Gasteiger partial charge in [0, 0.05) is 24.2 Å². The third-order valence-corrected chi connectivity index (χ3v) is 4.71.